The van der Waals surface area contributed by atoms with Gasteiger partial charge in [-0.15, -0.1) is 0 Å². The summed E-state index contributed by atoms with van der Waals surface area (Å²) in [7, 11) is 0. The van der Waals surface area contributed by atoms with E-state index in [0.717, 1.165) is 17.2 Å². The van der Waals surface area contributed by atoms with Crippen LogP contribution in [0.15, 0.2) is 71.9 Å². The Balaban J connectivity index is 1.42. The first kappa shape index (κ1) is 22.0. The Morgan fingerprint density at radius 2 is 2.00 bits per heavy atom. The van der Waals surface area contributed by atoms with Crippen LogP contribution in [0.3, 0.4) is 0 Å². The monoisotopic (exact) mass is 452 g/mol. The van der Waals surface area contributed by atoms with Crippen LogP contribution in [-0.4, -0.2) is 37.8 Å². The fourth-order valence-corrected chi connectivity index (χ4v) is 4.28. The number of pyridine rings is 1. The first-order chi connectivity index (χ1) is 15.4. The zero-order valence-electron chi connectivity index (χ0n) is 16.9. The van der Waals surface area contributed by atoms with Gasteiger partial charge in [-0.3, -0.25) is 9.78 Å². The Morgan fingerprint density at radius 3 is 2.69 bits per heavy atom. The number of rotatable bonds is 5. The Labute approximate surface area is 188 Å². The number of benzene rings is 2. The Bertz CT molecular complexity index is 1140. The van der Waals surface area contributed by atoms with Gasteiger partial charge in [-0.25, -0.2) is 9.29 Å². The second-order valence-electron chi connectivity index (χ2n) is 7.21. The molecule has 164 valence electrons. The quantitative estimate of drug-likeness (QED) is 0.440. The van der Waals surface area contributed by atoms with E-state index in [9.17, 15) is 19.4 Å². The van der Waals surface area contributed by atoms with Crippen LogP contribution in [0.2, 0.25) is 0 Å². The molecule has 0 saturated carbocycles. The second-order valence-corrected chi connectivity index (χ2v) is 8.33. The number of nitrogens with zero attached hydrogens (tertiary/aromatic N) is 2. The third-order valence-corrected chi connectivity index (χ3v) is 6.01. The van der Waals surface area contributed by atoms with E-state index in [1.54, 1.807) is 53.7 Å². The molecule has 2 heterocycles. The summed E-state index contributed by atoms with van der Waals surface area (Å²) in [5.74, 6) is -0.860. The standard InChI is InChI=1S/C23H21FN4O3S/c24-17-7-8-19(18(25)11-17)27-21(29)16-5-3-14(4-6-16)13-28-22(30)20(32-23(28)31)10-15-2-1-9-26-12-15/h1-12,22-23,30-31H,13,25H2,(H,27,29)/b20-10-. The molecule has 0 bridgehead atoms. The predicted octanol–water partition coefficient (Wildman–Crippen LogP) is 3.24. The Morgan fingerprint density at radius 1 is 1.22 bits per heavy atom. The number of aromatic nitrogens is 1. The minimum atomic E-state index is -0.959. The van der Waals surface area contributed by atoms with Gasteiger partial charge in [0, 0.05) is 29.4 Å². The van der Waals surface area contributed by atoms with Crippen LogP contribution in [0.25, 0.3) is 6.08 Å². The number of hydrogen-bond donors (Lipinski definition) is 4. The van der Waals surface area contributed by atoms with Crippen molar-refractivity contribution in [2.75, 3.05) is 11.1 Å². The lowest BCUT2D eigenvalue weighted by atomic mass is 10.1. The Hall–Kier alpha value is -3.24. The summed E-state index contributed by atoms with van der Waals surface area (Å²) in [6.07, 6.45) is 4.18. The van der Waals surface area contributed by atoms with Gasteiger partial charge < -0.3 is 21.3 Å². The van der Waals surface area contributed by atoms with E-state index in [2.05, 4.69) is 10.3 Å². The molecule has 1 amide bonds. The van der Waals surface area contributed by atoms with Crippen molar-refractivity contribution in [3.05, 3.63) is 94.4 Å². The van der Waals surface area contributed by atoms with Crippen molar-refractivity contribution >= 4 is 35.1 Å². The van der Waals surface area contributed by atoms with Crippen molar-refractivity contribution < 1.29 is 19.4 Å². The molecule has 2 aromatic carbocycles. The second kappa shape index (κ2) is 9.49. The van der Waals surface area contributed by atoms with Gasteiger partial charge in [-0.2, -0.15) is 0 Å². The van der Waals surface area contributed by atoms with Crippen molar-refractivity contribution in [3.8, 4) is 0 Å². The largest absolute Gasteiger partial charge is 0.397 e. The summed E-state index contributed by atoms with van der Waals surface area (Å²) in [6, 6.07) is 14.2. The van der Waals surface area contributed by atoms with Crippen LogP contribution in [0.1, 0.15) is 21.5 Å². The number of thioether (sulfide) groups is 1. The zero-order chi connectivity index (χ0) is 22.7. The SMILES string of the molecule is Nc1cc(F)ccc1NC(=O)c1ccc(CN2C(O)S/C(=C\c3cccnc3)C2O)cc1. The maximum atomic E-state index is 13.2. The summed E-state index contributed by atoms with van der Waals surface area (Å²) in [5.41, 5.74) is 7.33. The topological polar surface area (TPSA) is 112 Å². The average Bonchev–Trinajstić information content (AvgIpc) is 3.04. The van der Waals surface area contributed by atoms with Crippen LogP contribution in [0, 0.1) is 5.82 Å². The van der Waals surface area contributed by atoms with Crippen molar-refractivity contribution in [1.29, 1.82) is 0 Å². The molecular formula is C23H21FN4O3S. The molecule has 3 aromatic rings. The lowest BCUT2D eigenvalue weighted by molar-refractivity contribution is -0.0317. The fourth-order valence-electron chi connectivity index (χ4n) is 3.25. The summed E-state index contributed by atoms with van der Waals surface area (Å²) in [4.78, 5) is 18.7. The third kappa shape index (κ3) is 4.97. The summed E-state index contributed by atoms with van der Waals surface area (Å²) in [5, 5.41) is 23.7. The van der Waals surface area contributed by atoms with E-state index in [1.165, 1.54) is 23.9 Å². The van der Waals surface area contributed by atoms with E-state index in [-0.39, 0.29) is 18.1 Å². The summed E-state index contributed by atoms with van der Waals surface area (Å²) < 4.78 is 13.2. The molecule has 0 radical (unpaired) electrons. The number of halogens is 1. The van der Waals surface area contributed by atoms with Crippen LogP contribution >= 0.6 is 11.8 Å². The highest BCUT2D eigenvalue weighted by Gasteiger charge is 2.35. The third-order valence-electron chi connectivity index (χ3n) is 4.93. The van der Waals surface area contributed by atoms with Crippen LogP contribution in [0.4, 0.5) is 15.8 Å². The van der Waals surface area contributed by atoms with E-state index < -0.39 is 17.6 Å². The molecule has 4 rings (SSSR count). The first-order valence-corrected chi connectivity index (χ1v) is 10.6. The molecule has 0 aliphatic carbocycles. The summed E-state index contributed by atoms with van der Waals surface area (Å²) >= 11 is 1.17. The maximum absolute atomic E-state index is 13.2. The molecule has 1 saturated heterocycles. The van der Waals surface area contributed by atoms with Gasteiger partial charge in [0.25, 0.3) is 5.91 Å². The van der Waals surface area contributed by atoms with Crippen molar-refractivity contribution in [1.82, 2.24) is 9.88 Å². The molecule has 1 fully saturated rings. The van der Waals surface area contributed by atoms with E-state index in [1.807, 2.05) is 6.07 Å². The zero-order valence-corrected chi connectivity index (χ0v) is 17.7. The highest BCUT2D eigenvalue weighted by atomic mass is 32.2. The van der Waals surface area contributed by atoms with Gasteiger partial charge in [0.15, 0.2) is 5.56 Å². The lowest BCUT2D eigenvalue weighted by Crippen LogP contribution is -2.35. The highest BCUT2D eigenvalue weighted by Crippen LogP contribution is 2.38. The van der Waals surface area contributed by atoms with Gasteiger partial charge in [-0.05, 0) is 53.6 Å². The highest BCUT2D eigenvalue weighted by molar-refractivity contribution is 8.03. The fraction of sp³-hybridized carbons (Fsp3) is 0.130. The lowest BCUT2D eigenvalue weighted by Gasteiger charge is -2.22. The smallest absolute Gasteiger partial charge is 0.255 e. The number of carbonyl (C=O) groups is 1. The number of carbonyl (C=O) groups excluding carboxylic acids is 1. The minimum absolute atomic E-state index is 0.139. The number of aliphatic hydroxyl groups excluding tert-OH is 2. The first-order valence-electron chi connectivity index (χ1n) is 9.76. The molecule has 2 atom stereocenters. The van der Waals surface area contributed by atoms with Crippen LogP contribution in [-0.2, 0) is 6.54 Å². The molecule has 1 aliphatic rings. The molecule has 5 N–H and O–H groups in total. The average molecular weight is 453 g/mol. The molecule has 9 heteroatoms. The molecule has 1 aliphatic heterocycles. The van der Waals surface area contributed by atoms with Gasteiger partial charge in [0.2, 0.25) is 0 Å². The molecule has 1 aromatic heterocycles. The van der Waals surface area contributed by atoms with E-state index in [4.69, 9.17) is 5.73 Å². The number of aliphatic hydroxyl groups is 2. The van der Waals surface area contributed by atoms with E-state index in [0.29, 0.717) is 16.2 Å². The van der Waals surface area contributed by atoms with Crippen molar-refractivity contribution in [2.24, 2.45) is 0 Å². The Kier molecular flexibility index (Phi) is 6.52. The normalized spacial score (nSPS) is 19.9. The van der Waals surface area contributed by atoms with E-state index >= 15 is 0 Å². The molecule has 32 heavy (non-hydrogen) atoms. The van der Waals surface area contributed by atoms with Gasteiger partial charge in [0.05, 0.1) is 11.4 Å². The molecule has 2 unspecified atom stereocenters. The molecular weight excluding hydrogens is 431 g/mol. The van der Waals surface area contributed by atoms with Crippen molar-refractivity contribution in [2.45, 2.75) is 18.3 Å². The van der Waals surface area contributed by atoms with Gasteiger partial charge >= 0.3 is 0 Å². The van der Waals surface area contributed by atoms with Gasteiger partial charge in [-0.1, -0.05) is 30.0 Å². The maximum Gasteiger partial charge on any atom is 0.255 e. The minimum Gasteiger partial charge on any atom is -0.397 e. The predicted molar refractivity (Wildman–Crippen MR) is 123 cm³/mol. The van der Waals surface area contributed by atoms with Crippen molar-refractivity contribution in [3.63, 3.8) is 0 Å². The number of nitrogens with two attached hydrogens (primary N) is 1. The molecule has 0 spiro atoms. The number of hydrogen-bond acceptors (Lipinski definition) is 7. The van der Waals surface area contributed by atoms with Crippen LogP contribution in [0.5, 0.6) is 0 Å². The number of amides is 1. The number of anilines is 2. The number of nitrogens with one attached hydrogen (secondary N) is 1. The molecule has 7 nitrogen and oxygen atoms in total. The van der Waals surface area contributed by atoms with Crippen LogP contribution < -0.4 is 11.1 Å². The number of nitrogen functional groups attached to an aromatic ring is 1. The van der Waals surface area contributed by atoms with Gasteiger partial charge in [0.1, 0.15) is 12.0 Å². The summed E-state index contributed by atoms with van der Waals surface area (Å²) in [6.45, 7) is 0.284.